The number of hydrogen-bond donors (Lipinski definition) is 0. The summed E-state index contributed by atoms with van der Waals surface area (Å²) in [5.74, 6) is -2.78. The van der Waals surface area contributed by atoms with E-state index in [1.807, 2.05) is 0 Å². The van der Waals surface area contributed by atoms with Crippen molar-refractivity contribution in [3.05, 3.63) is 25.3 Å². The highest BCUT2D eigenvalue weighted by Crippen LogP contribution is 2.37. The standard InChI is InChI=1S/C19H26O10/c1-7-9-24-15-16(26-12(4)21)18(28-14(6)23)29-19(8-2,10-25-11(3)20)17(15)27-13(5)22/h7-8,15-18H,1-2,9-10H2,3-6H3/t15-,16-,17+,18-,19-/m1/s1. The molecule has 1 fully saturated rings. The molecule has 0 aromatic rings. The van der Waals surface area contributed by atoms with Gasteiger partial charge in [-0.3, -0.25) is 19.2 Å². The molecule has 1 aliphatic heterocycles. The van der Waals surface area contributed by atoms with Crippen LogP contribution < -0.4 is 0 Å². The van der Waals surface area contributed by atoms with Gasteiger partial charge in [-0.15, -0.1) is 6.58 Å². The molecule has 5 atom stereocenters. The molecule has 10 nitrogen and oxygen atoms in total. The summed E-state index contributed by atoms with van der Waals surface area (Å²) in [5.41, 5.74) is -1.65. The van der Waals surface area contributed by atoms with Crippen molar-refractivity contribution in [1.29, 1.82) is 0 Å². The summed E-state index contributed by atoms with van der Waals surface area (Å²) in [5, 5.41) is 0. The van der Waals surface area contributed by atoms with Crippen LogP contribution >= 0.6 is 0 Å². The Morgan fingerprint density at radius 3 is 1.93 bits per heavy atom. The highest BCUT2D eigenvalue weighted by Gasteiger charge is 2.59. The van der Waals surface area contributed by atoms with Crippen LogP contribution in [0.25, 0.3) is 0 Å². The Bertz CT molecular complexity index is 657. The normalized spacial score (nSPS) is 28.6. The third-order valence-electron chi connectivity index (χ3n) is 3.84. The van der Waals surface area contributed by atoms with Gasteiger partial charge in [0.1, 0.15) is 12.7 Å². The summed E-state index contributed by atoms with van der Waals surface area (Å²) in [4.78, 5) is 46.4. The molecule has 0 saturated carbocycles. The maximum atomic E-state index is 11.8. The first kappa shape index (κ1) is 24.3. The molecule has 1 aliphatic rings. The predicted molar refractivity (Wildman–Crippen MR) is 97.2 cm³/mol. The van der Waals surface area contributed by atoms with Crippen molar-refractivity contribution in [3.63, 3.8) is 0 Å². The van der Waals surface area contributed by atoms with Gasteiger partial charge in [0.2, 0.25) is 6.29 Å². The molecule has 0 aromatic heterocycles. The first-order valence-electron chi connectivity index (χ1n) is 8.75. The maximum Gasteiger partial charge on any atom is 0.305 e. The lowest BCUT2D eigenvalue weighted by atomic mass is 9.86. The van der Waals surface area contributed by atoms with Gasteiger partial charge >= 0.3 is 23.9 Å². The van der Waals surface area contributed by atoms with Crippen LogP contribution in [-0.2, 0) is 47.6 Å². The molecule has 29 heavy (non-hydrogen) atoms. The molecule has 0 amide bonds. The van der Waals surface area contributed by atoms with Crippen LogP contribution in [0.3, 0.4) is 0 Å². The summed E-state index contributed by atoms with van der Waals surface area (Å²) in [6, 6.07) is 0. The number of carbonyl (C=O) groups is 4. The summed E-state index contributed by atoms with van der Waals surface area (Å²) < 4.78 is 32.4. The second kappa shape index (κ2) is 10.7. The van der Waals surface area contributed by atoms with E-state index in [0.29, 0.717) is 0 Å². The number of hydrogen-bond acceptors (Lipinski definition) is 10. The summed E-state index contributed by atoms with van der Waals surface area (Å²) in [6.07, 6.45) is -2.49. The second-order valence-electron chi connectivity index (χ2n) is 6.23. The third kappa shape index (κ3) is 6.68. The van der Waals surface area contributed by atoms with Crippen LogP contribution in [0.2, 0.25) is 0 Å². The van der Waals surface area contributed by atoms with Gasteiger partial charge in [-0.1, -0.05) is 18.7 Å². The molecule has 0 N–H and O–H groups in total. The maximum absolute atomic E-state index is 11.8. The van der Waals surface area contributed by atoms with Gasteiger partial charge in [0.15, 0.2) is 17.8 Å². The van der Waals surface area contributed by atoms with Crippen molar-refractivity contribution in [2.45, 2.75) is 57.9 Å². The molecule has 0 aromatic carbocycles. The molecule has 1 saturated heterocycles. The Hall–Kier alpha value is -2.72. The van der Waals surface area contributed by atoms with Gasteiger partial charge in [-0.25, -0.2) is 0 Å². The molecule has 162 valence electrons. The van der Waals surface area contributed by atoms with E-state index in [2.05, 4.69) is 13.2 Å². The van der Waals surface area contributed by atoms with Gasteiger partial charge in [-0.05, 0) is 0 Å². The fourth-order valence-corrected chi connectivity index (χ4v) is 2.79. The molecule has 0 radical (unpaired) electrons. The Balaban J connectivity index is 3.51. The predicted octanol–water partition coefficient (Wildman–Crippen LogP) is 0.828. The van der Waals surface area contributed by atoms with Gasteiger partial charge in [0.25, 0.3) is 0 Å². The Morgan fingerprint density at radius 1 is 0.897 bits per heavy atom. The van der Waals surface area contributed by atoms with Gasteiger partial charge < -0.3 is 28.4 Å². The van der Waals surface area contributed by atoms with Gasteiger partial charge in [0, 0.05) is 27.7 Å². The Morgan fingerprint density at radius 2 is 1.48 bits per heavy atom. The fourth-order valence-electron chi connectivity index (χ4n) is 2.79. The first-order chi connectivity index (χ1) is 13.6. The van der Waals surface area contributed by atoms with Crippen LogP contribution in [0.15, 0.2) is 25.3 Å². The van der Waals surface area contributed by atoms with Gasteiger partial charge in [-0.2, -0.15) is 0 Å². The van der Waals surface area contributed by atoms with E-state index in [9.17, 15) is 19.2 Å². The molecule has 1 heterocycles. The molecular formula is C19H26O10. The number of ether oxygens (including phenoxy) is 6. The van der Waals surface area contributed by atoms with Crippen LogP contribution in [0.1, 0.15) is 27.7 Å². The highest BCUT2D eigenvalue weighted by molar-refractivity contribution is 5.68. The monoisotopic (exact) mass is 414 g/mol. The summed E-state index contributed by atoms with van der Waals surface area (Å²) >= 11 is 0. The van der Waals surface area contributed by atoms with Crippen molar-refractivity contribution in [2.75, 3.05) is 13.2 Å². The van der Waals surface area contributed by atoms with Crippen molar-refractivity contribution < 1.29 is 47.6 Å². The molecular weight excluding hydrogens is 388 g/mol. The minimum atomic E-state index is -1.65. The number of esters is 4. The Kier molecular flexibility index (Phi) is 8.99. The lowest BCUT2D eigenvalue weighted by Gasteiger charge is -2.49. The quantitative estimate of drug-likeness (QED) is 0.304. The smallest absolute Gasteiger partial charge is 0.305 e. The van der Waals surface area contributed by atoms with Crippen molar-refractivity contribution in [3.8, 4) is 0 Å². The minimum absolute atomic E-state index is 0.0201. The third-order valence-corrected chi connectivity index (χ3v) is 3.84. The number of rotatable bonds is 9. The second-order valence-corrected chi connectivity index (χ2v) is 6.23. The van der Waals surface area contributed by atoms with E-state index in [1.165, 1.54) is 19.1 Å². The van der Waals surface area contributed by atoms with Crippen LogP contribution in [0.4, 0.5) is 0 Å². The average Bonchev–Trinajstić information content (AvgIpc) is 2.61. The lowest BCUT2D eigenvalue weighted by molar-refractivity contribution is -0.324. The van der Waals surface area contributed by atoms with E-state index in [-0.39, 0.29) is 6.61 Å². The lowest BCUT2D eigenvalue weighted by Crippen LogP contribution is -2.68. The van der Waals surface area contributed by atoms with E-state index < -0.39 is 60.7 Å². The molecule has 0 spiro atoms. The highest BCUT2D eigenvalue weighted by atomic mass is 16.8. The summed E-state index contributed by atoms with van der Waals surface area (Å²) in [6.45, 7) is 11.4. The first-order valence-corrected chi connectivity index (χ1v) is 8.75. The Labute approximate surface area is 168 Å². The fraction of sp³-hybridized carbons (Fsp3) is 0.579. The zero-order valence-electron chi connectivity index (χ0n) is 16.9. The largest absolute Gasteiger partial charge is 0.462 e. The van der Waals surface area contributed by atoms with Crippen molar-refractivity contribution in [2.24, 2.45) is 0 Å². The van der Waals surface area contributed by atoms with Crippen molar-refractivity contribution in [1.82, 2.24) is 0 Å². The van der Waals surface area contributed by atoms with E-state index >= 15 is 0 Å². The van der Waals surface area contributed by atoms with Crippen LogP contribution in [0, 0.1) is 0 Å². The topological polar surface area (TPSA) is 124 Å². The minimum Gasteiger partial charge on any atom is -0.462 e. The summed E-state index contributed by atoms with van der Waals surface area (Å²) in [7, 11) is 0. The van der Waals surface area contributed by atoms with Crippen LogP contribution in [-0.4, -0.2) is 67.3 Å². The zero-order valence-corrected chi connectivity index (χ0v) is 16.9. The molecule has 0 unspecified atom stereocenters. The average molecular weight is 414 g/mol. The molecule has 1 rings (SSSR count). The van der Waals surface area contributed by atoms with Crippen LogP contribution in [0.5, 0.6) is 0 Å². The zero-order chi connectivity index (χ0) is 22.2. The van der Waals surface area contributed by atoms with E-state index in [1.54, 1.807) is 0 Å². The number of carbonyl (C=O) groups excluding carboxylic acids is 4. The molecule has 10 heteroatoms. The van der Waals surface area contributed by atoms with Crippen molar-refractivity contribution >= 4 is 23.9 Å². The van der Waals surface area contributed by atoms with E-state index in [4.69, 9.17) is 28.4 Å². The molecule has 0 aliphatic carbocycles. The van der Waals surface area contributed by atoms with Gasteiger partial charge in [0.05, 0.1) is 6.61 Å². The van der Waals surface area contributed by atoms with E-state index in [0.717, 1.165) is 20.8 Å². The molecule has 0 bridgehead atoms. The SMILES string of the molecule is C=CCO[C@@H]1[C@@H](OC(C)=O)[C@H](OC(C)=O)O[C@](C=C)(COC(C)=O)[C@H]1OC(C)=O.